The summed E-state index contributed by atoms with van der Waals surface area (Å²) in [6.45, 7) is 6.65. The molecule has 0 aliphatic carbocycles. The molecule has 2 fully saturated rings. The molecular formula is C17H22N4O2S. The number of hydrogen-bond donors (Lipinski definition) is 0. The highest BCUT2D eigenvalue weighted by Gasteiger charge is 2.30. The second-order valence-corrected chi connectivity index (χ2v) is 7.37. The highest BCUT2D eigenvalue weighted by molar-refractivity contribution is 7.18. The number of morpholine rings is 1. The average Bonchev–Trinajstić information content (AvgIpc) is 3.03. The van der Waals surface area contributed by atoms with Crippen LogP contribution in [0.5, 0.6) is 0 Å². The zero-order chi connectivity index (χ0) is 16.5. The van der Waals surface area contributed by atoms with Crippen molar-refractivity contribution in [3.63, 3.8) is 0 Å². The molecule has 7 heteroatoms. The second kappa shape index (κ2) is 6.64. The second-order valence-electron chi connectivity index (χ2n) is 6.49. The minimum absolute atomic E-state index is 0.141. The molecule has 2 saturated heterocycles. The van der Waals surface area contributed by atoms with Gasteiger partial charge in [0.25, 0.3) is 0 Å². The molecule has 0 N–H and O–H groups in total. The number of piperidine rings is 1. The van der Waals surface area contributed by atoms with E-state index in [1.54, 1.807) is 17.7 Å². The van der Waals surface area contributed by atoms with Crippen LogP contribution in [0.4, 0.5) is 5.82 Å². The van der Waals surface area contributed by atoms with Crippen molar-refractivity contribution in [2.45, 2.75) is 19.8 Å². The summed E-state index contributed by atoms with van der Waals surface area (Å²) >= 11 is 1.71. The van der Waals surface area contributed by atoms with Crippen LogP contribution >= 0.6 is 11.3 Å². The topological polar surface area (TPSA) is 58.6 Å². The number of carbonyl (C=O) groups is 1. The van der Waals surface area contributed by atoms with Crippen molar-refractivity contribution in [1.29, 1.82) is 0 Å². The van der Waals surface area contributed by atoms with E-state index in [2.05, 4.69) is 27.2 Å². The molecule has 0 unspecified atom stereocenters. The fourth-order valence-electron chi connectivity index (χ4n) is 3.56. The molecule has 2 aromatic rings. The van der Waals surface area contributed by atoms with Gasteiger partial charge in [0.2, 0.25) is 5.91 Å². The highest BCUT2D eigenvalue weighted by atomic mass is 32.1. The predicted octanol–water partition coefficient (Wildman–Crippen LogP) is 2.07. The number of aryl methyl sites for hydroxylation is 1. The lowest BCUT2D eigenvalue weighted by molar-refractivity contribution is -0.140. The molecule has 0 spiro atoms. The fraction of sp³-hybridized carbons (Fsp3) is 0.588. The summed E-state index contributed by atoms with van der Waals surface area (Å²) in [5.74, 6) is 1.47. The molecule has 0 atom stereocenters. The third-order valence-corrected chi connectivity index (χ3v) is 6.06. The van der Waals surface area contributed by atoms with E-state index in [4.69, 9.17) is 4.74 Å². The van der Waals surface area contributed by atoms with Crippen LogP contribution in [0.2, 0.25) is 0 Å². The molecule has 2 aliphatic rings. The van der Waals surface area contributed by atoms with Gasteiger partial charge in [-0.2, -0.15) is 0 Å². The maximum Gasteiger partial charge on any atom is 0.225 e. The first kappa shape index (κ1) is 15.8. The fourth-order valence-corrected chi connectivity index (χ4v) is 4.58. The number of amides is 1. The molecule has 4 heterocycles. The van der Waals surface area contributed by atoms with Gasteiger partial charge in [-0.05, 0) is 30.7 Å². The summed E-state index contributed by atoms with van der Waals surface area (Å²) in [5, 5.41) is 2.14. The van der Waals surface area contributed by atoms with Crippen molar-refractivity contribution in [2.75, 3.05) is 44.3 Å². The first-order chi connectivity index (χ1) is 11.7. The van der Waals surface area contributed by atoms with E-state index >= 15 is 0 Å². The Labute approximate surface area is 145 Å². The van der Waals surface area contributed by atoms with Gasteiger partial charge in [-0.15, -0.1) is 11.3 Å². The molecule has 2 aromatic heterocycles. The third-order valence-electron chi connectivity index (χ3n) is 4.98. The SMILES string of the molecule is Cc1csc2c(N3CCC(C(=O)N4CCOCC4)CC3)ncnc12. The van der Waals surface area contributed by atoms with Crippen LogP contribution in [0.25, 0.3) is 10.2 Å². The van der Waals surface area contributed by atoms with E-state index < -0.39 is 0 Å². The van der Waals surface area contributed by atoms with E-state index in [0.717, 1.165) is 55.1 Å². The number of fused-ring (bicyclic) bond motifs is 1. The quantitative estimate of drug-likeness (QED) is 0.833. The smallest absolute Gasteiger partial charge is 0.225 e. The number of rotatable bonds is 2. The third kappa shape index (κ3) is 2.86. The standard InChI is InChI=1S/C17H22N4O2S/c1-12-10-24-15-14(12)18-11-19-16(15)20-4-2-13(3-5-20)17(22)21-6-8-23-9-7-21/h10-11,13H,2-9H2,1H3. The molecule has 2 aliphatic heterocycles. The van der Waals surface area contributed by atoms with E-state index in [-0.39, 0.29) is 5.92 Å². The Morgan fingerprint density at radius 2 is 1.96 bits per heavy atom. The van der Waals surface area contributed by atoms with Crippen LogP contribution in [0.1, 0.15) is 18.4 Å². The van der Waals surface area contributed by atoms with Crippen LogP contribution in [0, 0.1) is 12.8 Å². The Morgan fingerprint density at radius 1 is 1.21 bits per heavy atom. The lowest BCUT2D eigenvalue weighted by Crippen LogP contribution is -2.46. The maximum absolute atomic E-state index is 12.6. The van der Waals surface area contributed by atoms with Crippen LogP contribution in [0.3, 0.4) is 0 Å². The molecular weight excluding hydrogens is 324 g/mol. The van der Waals surface area contributed by atoms with Gasteiger partial charge >= 0.3 is 0 Å². The van der Waals surface area contributed by atoms with Gasteiger partial charge in [0.05, 0.1) is 23.4 Å². The Bertz CT molecular complexity index is 733. The van der Waals surface area contributed by atoms with E-state index in [9.17, 15) is 4.79 Å². The molecule has 0 aromatic carbocycles. The number of nitrogens with zero attached hydrogens (tertiary/aromatic N) is 4. The van der Waals surface area contributed by atoms with Gasteiger partial charge in [0, 0.05) is 32.1 Å². The Morgan fingerprint density at radius 3 is 2.71 bits per heavy atom. The van der Waals surface area contributed by atoms with Crippen molar-refractivity contribution in [3.05, 3.63) is 17.3 Å². The Kier molecular flexibility index (Phi) is 4.37. The number of hydrogen-bond acceptors (Lipinski definition) is 6. The summed E-state index contributed by atoms with van der Waals surface area (Å²) in [6.07, 6.45) is 3.44. The summed E-state index contributed by atoms with van der Waals surface area (Å²) in [7, 11) is 0. The number of thiophene rings is 1. The molecule has 128 valence electrons. The number of anilines is 1. The lowest BCUT2D eigenvalue weighted by Gasteiger charge is -2.36. The molecule has 0 bridgehead atoms. The van der Waals surface area contributed by atoms with Crippen LogP contribution in [0.15, 0.2) is 11.7 Å². The summed E-state index contributed by atoms with van der Waals surface area (Å²) in [4.78, 5) is 25.8. The average molecular weight is 346 g/mol. The number of carbonyl (C=O) groups excluding carboxylic acids is 1. The summed E-state index contributed by atoms with van der Waals surface area (Å²) in [6, 6.07) is 0. The normalized spacial score (nSPS) is 19.9. The molecule has 0 saturated carbocycles. The first-order valence-electron chi connectivity index (χ1n) is 8.54. The van der Waals surface area contributed by atoms with Crippen LogP contribution in [-0.4, -0.2) is 60.2 Å². The molecule has 24 heavy (non-hydrogen) atoms. The largest absolute Gasteiger partial charge is 0.378 e. The van der Waals surface area contributed by atoms with Crippen molar-refractivity contribution < 1.29 is 9.53 Å². The number of ether oxygens (including phenoxy) is 1. The summed E-state index contributed by atoms with van der Waals surface area (Å²) < 4.78 is 6.50. The minimum Gasteiger partial charge on any atom is -0.378 e. The van der Waals surface area contributed by atoms with Crippen molar-refractivity contribution in [2.24, 2.45) is 5.92 Å². The van der Waals surface area contributed by atoms with Gasteiger partial charge in [0.1, 0.15) is 12.1 Å². The van der Waals surface area contributed by atoms with E-state index in [1.807, 2.05) is 4.90 Å². The maximum atomic E-state index is 12.6. The van der Waals surface area contributed by atoms with Gasteiger partial charge in [-0.25, -0.2) is 9.97 Å². The number of aromatic nitrogens is 2. The monoisotopic (exact) mass is 346 g/mol. The Hall–Kier alpha value is -1.73. The van der Waals surface area contributed by atoms with Gasteiger partial charge in [0.15, 0.2) is 0 Å². The van der Waals surface area contributed by atoms with Crippen molar-refractivity contribution in [1.82, 2.24) is 14.9 Å². The molecule has 1 amide bonds. The molecule has 6 nitrogen and oxygen atoms in total. The van der Waals surface area contributed by atoms with Gasteiger partial charge < -0.3 is 14.5 Å². The summed E-state index contributed by atoms with van der Waals surface area (Å²) in [5.41, 5.74) is 2.26. The minimum atomic E-state index is 0.141. The zero-order valence-electron chi connectivity index (χ0n) is 13.9. The lowest BCUT2D eigenvalue weighted by atomic mass is 9.95. The first-order valence-corrected chi connectivity index (χ1v) is 9.42. The predicted molar refractivity (Wildman–Crippen MR) is 94.5 cm³/mol. The van der Waals surface area contributed by atoms with Crippen molar-refractivity contribution >= 4 is 33.3 Å². The molecule has 0 radical (unpaired) electrons. The van der Waals surface area contributed by atoms with E-state index in [0.29, 0.717) is 19.1 Å². The van der Waals surface area contributed by atoms with Gasteiger partial charge in [-0.1, -0.05) is 0 Å². The zero-order valence-corrected chi connectivity index (χ0v) is 14.7. The van der Waals surface area contributed by atoms with Gasteiger partial charge in [-0.3, -0.25) is 4.79 Å². The van der Waals surface area contributed by atoms with Crippen molar-refractivity contribution in [3.8, 4) is 0 Å². The van der Waals surface area contributed by atoms with Crippen LogP contribution in [-0.2, 0) is 9.53 Å². The highest BCUT2D eigenvalue weighted by Crippen LogP contribution is 2.33. The van der Waals surface area contributed by atoms with Crippen LogP contribution < -0.4 is 4.90 Å². The van der Waals surface area contributed by atoms with E-state index in [1.165, 1.54) is 5.56 Å². The molecule has 4 rings (SSSR count). The Balaban J connectivity index is 1.44.